The minimum Gasteiger partial charge on any atom is -0.373 e. The number of nitrogens with zero attached hydrogens (tertiary/aromatic N) is 3. The van der Waals surface area contributed by atoms with Crippen LogP contribution in [-0.4, -0.2) is 47.4 Å². The maximum absolute atomic E-state index is 11.4. The van der Waals surface area contributed by atoms with Gasteiger partial charge in [-0.05, 0) is 6.42 Å². The van der Waals surface area contributed by atoms with Crippen LogP contribution in [0.5, 0.6) is 0 Å². The van der Waals surface area contributed by atoms with Crippen LogP contribution in [0.1, 0.15) is 12.8 Å². The molecule has 1 fully saturated rings. The van der Waals surface area contributed by atoms with E-state index < -0.39 is 4.92 Å². The number of carbonyl (C=O) groups is 1. The molecule has 1 aliphatic heterocycles. The predicted octanol–water partition coefficient (Wildman–Crippen LogP) is 1.06. The molecule has 1 saturated heterocycles. The summed E-state index contributed by atoms with van der Waals surface area (Å²) in [6, 6.07) is 2.83. The van der Waals surface area contributed by atoms with Crippen LogP contribution in [0.2, 0.25) is 0 Å². The van der Waals surface area contributed by atoms with Crippen molar-refractivity contribution in [2.75, 3.05) is 31.3 Å². The Bertz CT molecular complexity index is 534. The highest BCUT2D eigenvalue weighted by Crippen LogP contribution is 2.22. The molecule has 1 atom stereocenters. The van der Waals surface area contributed by atoms with E-state index >= 15 is 0 Å². The number of anilines is 2. The third-order valence-electron chi connectivity index (χ3n) is 3.26. The van der Waals surface area contributed by atoms with Crippen molar-refractivity contribution in [2.24, 2.45) is 0 Å². The molecule has 2 N–H and O–H groups in total. The topological polar surface area (TPSA) is 100 Å². The zero-order chi connectivity index (χ0) is 14.7. The Hall–Kier alpha value is -2.38. The Labute approximate surface area is 116 Å². The zero-order valence-corrected chi connectivity index (χ0v) is 11.4. The molecule has 0 aromatic carbocycles. The quantitative estimate of drug-likeness (QED) is 0.631. The standard InChI is InChI=1S/C12H17N5O3/c1-13-10-5-9(17(19)20)6-11(15-10)14-8-3-4-12(18)16(2)7-8/h5-6,8H,3-4,7H2,1-2H3,(H2,13,14,15). The van der Waals surface area contributed by atoms with Gasteiger partial charge in [-0.1, -0.05) is 0 Å². The number of rotatable bonds is 4. The van der Waals surface area contributed by atoms with Gasteiger partial charge in [-0.3, -0.25) is 14.9 Å². The van der Waals surface area contributed by atoms with E-state index in [1.807, 2.05) is 0 Å². The molecular formula is C12H17N5O3. The molecule has 108 valence electrons. The highest BCUT2D eigenvalue weighted by Gasteiger charge is 2.23. The summed E-state index contributed by atoms with van der Waals surface area (Å²) in [7, 11) is 3.40. The average Bonchev–Trinajstić information content (AvgIpc) is 2.42. The number of hydrogen-bond acceptors (Lipinski definition) is 6. The number of piperidine rings is 1. The van der Waals surface area contributed by atoms with Gasteiger partial charge in [0.15, 0.2) is 0 Å². The highest BCUT2D eigenvalue weighted by molar-refractivity contribution is 5.77. The summed E-state index contributed by atoms with van der Waals surface area (Å²) in [6.07, 6.45) is 1.17. The van der Waals surface area contributed by atoms with Crippen LogP contribution in [0.4, 0.5) is 17.3 Å². The molecule has 8 nitrogen and oxygen atoms in total. The third kappa shape index (κ3) is 3.14. The second-order valence-electron chi connectivity index (χ2n) is 4.76. The normalized spacial score (nSPS) is 18.8. The van der Waals surface area contributed by atoms with Gasteiger partial charge in [-0.2, -0.15) is 0 Å². The van der Waals surface area contributed by atoms with Gasteiger partial charge in [0.05, 0.1) is 17.1 Å². The van der Waals surface area contributed by atoms with E-state index in [4.69, 9.17) is 0 Å². The summed E-state index contributed by atoms with van der Waals surface area (Å²) in [5.74, 6) is 0.990. The van der Waals surface area contributed by atoms with Gasteiger partial charge >= 0.3 is 0 Å². The van der Waals surface area contributed by atoms with E-state index in [0.29, 0.717) is 31.0 Å². The molecule has 0 bridgehead atoms. The van der Waals surface area contributed by atoms with Crippen LogP contribution in [0.3, 0.4) is 0 Å². The minimum atomic E-state index is -0.454. The van der Waals surface area contributed by atoms with Gasteiger partial charge in [0, 0.05) is 33.1 Å². The second-order valence-corrected chi connectivity index (χ2v) is 4.76. The van der Waals surface area contributed by atoms with Gasteiger partial charge in [0.2, 0.25) is 5.91 Å². The molecule has 2 rings (SSSR count). The first-order valence-electron chi connectivity index (χ1n) is 6.34. The van der Waals surface area contributed by atoms with Gasteiger partial charge in [0.25, 0.3) is 5.69 Å². The summed E-state index contributed by atoms with van der Waals surface area (Å²) in [6.45, 7) is 0.568. The van der Waals surface area contributed by atoms with Crippen molar-refractivity contribution < 1.29 is 9.72 Å². The molecule has 1 aliphatic rings. The maximum Gasteiger partial charge on any atom is 0.276 e. The van der Waals surface area contributed by atoms with Crippen LogP contribution >= 0.6 is 0 Å². The van der Waals surface area contributed by atoms with Gasteiger partial charge in [0.1, 0.15) is 11.6 Å². The summed E-state index contributed by atoms with van der Waals surface area (Å²) in [5.41, 5.74) is -0.0212. The van der Waals surface area contributed by atoms with Crippen molar-refractivity contribution in [1.82, 2.24) is 9.88 Å². The van der Waals surface area contributed by atoms with E-state index in [0.717, 1.165) is 0 Å². The van der Waals surface area contributed by atoms with Gasteiger partial charge < -0.3 is 15.5 Å². The highest BCUT2D eigenvalue weighted by atomic mass is 16.6. The smallest absolute Gasteiger partial charge is 0.276 e. The molecule has 1 aromatic rings. The van der Waals surface area contributed by atoms with Crippen molar-refractivity contribution in [3.63, 3.8) is 0 Å². The van der Waals surface area contributed by atoms with Crippen molar-refractivity contribution in [3.05, 3.63) is 22.2 Å². The number of nitro groups is 1. The fourth-order valence-electron chi connectivity index (χ4n) is 2.16. The van der Waals surface area contributed by atoms with Crippen LogP contribution in [0.25, 0.3) is 0 Å². The van der Waals surface area contributed by atoms with E-state index in [9.17, 15) is 14.9 Å². The van der Waals surface area contributed by atoms with E-state index in [-0.39, 0.29) is 17.6 Å². The van der Waals surface area contributed by atoms with Crippen molar-refractivity contribution >= 4 is 23.2 Å². The number of pyridine rings is 1. The van der Waals surface area contributed by atoms with E-state index in [1.54, 1.807) is 19.0 Å². The fourth-order valence-corrected chi connectivity index (χ4v) is 2.16. The Kier molecular flexibility index (Phi) is 4.02. The SMILES string of the molecule is CNc1cc([N+](=O)[O-])cc(NC2CCC(=O)N(C)C2)n1. The molecule has 1 amide bonds. The van der Waals surface area contributed by atoms with Crippen LogP contribution in [0.15, 0.2) is 12.1 Å². The number of carbonyl (C=O) groups excluding carboxylic acids is 1. The maximum atomic E-state index is 11.4. The number of nitrogens with one attached hydrogen (secondary N) is 2. The Morgan fingerprint density at radius 3 is 2.75 bits per heavy atom. The average molecular weight is 279 g/mol. The first-order valence-corrected chi connectivity index (χ1v) is 6.34. The lowest BCUT2D eigenvalue weighted by Crippen LogP contribution is -2.43. The van der Waals surface area contributed by atoms with Gasteiger partial charge in [-0.25, -0.2) is 4.98 Å². The second kappa shape index (κ2) is 5.72. The minimum absolute atomic E-state index is 0.0212. The van der Waals surface area contributed by atoms with Gasteiger partial charge in [-0.15, -0.1) is 0 Å². The predicted molar refractivity (Wildman–Crippen MR) is 74.7 cm³/mol. The number of hydrogen-bond donors (Lipinski definition) is 2. The third-order valence-corrected chi connectivity index (χ3v) is 3.26. The van der Waals surface area contributed by atoms with E-state index in [1.165, 1.54) is 12.1 Å². The van der Waals surface area contributed by atoms with Crippen LogP contribution < -0.4 is 10.6 Å². The molecule has 8 heteroatoms. The molecule has 20 heavy (non-hydrogen) atoms. The largest absolute Gasteiger partial charge is 0.373 e. The summed E-state index contributed by atoms with van der Waals surface area (Å²) < 4.78 is 0. The molecule has 1 unspecified atom stereocenters. The van der Waals surface area contributed by atoms with Crippen molar-refractivity contribution in [1.29, 1.82) is 0 Å². The molecule has 1 aromatic heterocycles. The molecule has 0 saturated carbocycles. The molecular weight excluding hydrogens is 262 g/mol. The molecule has 0 aliphatic carbocycles. The lowest BCUT2D eigenvalue weighted by molar-refractivity contribution is -0.384. The van der Waals surface area contributed by atoms with Crippen molar-refractivity contribution in [2.45, 2.75) is 18.9 Å². The molecule has 2 heterocycles. The van der Waals surface area contributed by atoms with Crippen molar-refractivity contribution in [3.8, 4) is 0 Å². The van der Waals surface area contributed by atoms with E-state index in [2.05, 4.69) is 15.6 Å². The fraction of sp³-hybridized carbons (Fsp3) is 0.500. The van der Waals surface area contributed by atoms with Crippen LogP contribution in [0, 0.1) is 10.1 Å². The Balaban J connectivity index is 2.14. The Morgan fingerprint density at radius 2 is 2.15 bits per heavy atom. The lowest BCUT2D eigenvalue weighted by Gasteiger charge is -2.30. The monoisotopic (exact) mass is 279 g/mol. The summed E-state index contributed by atoms with van der Waals surface area (Å²) >= 11 is 0. The number of amides is 1. The van der Waals surface area contributed by atoms with Crippen LogP contribution in [-0.2, 0) is 4.79 Å². The lowest BCUT2D eigenvalue weighted by atomic mass is 10.1. The molecule has 0 radical (unpaired) electrons. The summed E-state index contributed by atoms with van der Waals surface area (Å²) in [5, 5.41) is 16.8. The first-order chi connectivity index (χ1) is 9.49. The molecule has 0 spiro atoms. The number of likely N-dealkylation sites (N-methyl/N-ethyl adjacent to an activating group) is 1. The Morgan fingerprint density at radius 1 is 1.45 bits per heavy atom. The summed E-state index contributed by atoms with van der Waals surface area (Å²) in [4.78, 5) is 27.7. The number of aromatic nitrogens is 1. The first kappa shape index (κ1) is 14.0. The number of likely N-dealkylation sites (tertiary alicyclic amines) is 1. The zero-order valence-electron chi connectivity index (χ0n) is 11.4.